The molecule has 4 aromatic rings. The van der Waals surface area contributed by atoms with E-state index in [0.717, 1.165) is 45.3 Å². The van der Waals surface area contributed by atoms with Gasteiger partial charge in [-0.15, -0.1) is 0 Å². The Bertz CT molecular complexity index is 1940. The number of nitrogens with zero attached hydrogens (tertiary/aromatic N) is 2. The van der Waals surface area contributed by atoms with E-state index in [1.807, 2.05) is 24.4 Å². The number of carbonyl (C=O) groups is 2. The lowest BCUT2D eigenvalue weighted by atomic mass is 9.76. The number of esters is 1. The molecule has 1 aliphatic heterocycles. The van der Waals surface area contributed by atoms with Crippen LogP contribution < -0.4 is 10.4 Å². The van der Waals surface area contributed by atoms with Crippen LogP contribution in [0.2, 0.25) is 10.1 Å². The molecule has 284 valence electrons. The fraction of sp³-hybridized carbons (Fsp3) is 0.432. The second-order valence-corrected chi connectivity index (χ2v) is 22.8. The van der Waals surface area contributed by atoms with Crippen LogP contribution in [-0.2, 0) is 31.6 Å². The molecule has 4 atom stereocenters. The van der Waals surface area contributed by atoms with Gasteiger partial charge < -0.3 is 14.1 Å². The average Bonchev–Trinajstić information content (AvgIpc) is 3.30. The van der Waals surface area contributed by atoms with E-state index in [1.165, 1.54) is 34.0 Å². The molecule has 3 aliphatic rings. The number of piperidine rings is 1. The summed E-state index contributed by atoms with van der Waals surface area (Å²) in [7, 11) is -2.90. The van der Waals surface area contributed by atoms with Crippen molar-refractivity contribution >= 4 is 74.0 Å². The summed E-state index contributed by atoms with van der Waals surface area (Å²) in [6, 6.07) is 27.5. The number of pyridine rings is 1. The quantitative estimate of drug-likeness (QED) is 0.137. The summed E-state index contributed by atoms with van der Waals surface area (Å²) in [6.45, 7) is 9.60. The molecule has 2 aliphatic carbocycles. The first-order chi connectivity index (χ1) is 25.8. The number of benzene rings is 3. The molecule has 10 heteroatoms. The summed E-state index contributed by atoms with van der Waals surface area (Å²) in [5.41, 5.74) is 4.93. The Kier molecular flexibility index (Phi) is 11.9. The van der Waals surface area contributed by atoms with E-state index in [2.05, 4.69) is 118 Å². The summed E-state index contributed by atoms with van der Waals surface area (Å²) >= 11 is 14.1. The second-order valence-electron chi connectivity index (χ2n) is 16.3. The number of likely N-dealkylation sites (tertiary alicyclic amines) is 1. The van der Waals surface area contributed by atoms with Crippen molar-refractivity contribution in [1.82, 2.24) is 9.88 Å². The number of amides is 1. The second kappa shape index (κ2) is 16.3. The van der Waals surface area contributed by atoms with Gasteiger partial charge in [0.15, 0.2) is 0 Å². The van der Waals surface area contributed by atoms with E-state index in [1.54, 1.807) is 0 Å². The van der Waals surface area contributed by atoms with Crippen molar-refractivity contribution in [3.63, 3.8) is 0 Å². The number of aryl methyl sites for hydroxylation is 2. The Morgan fingerprint density at radius 1 is 0.852 bits per heavy atom. The zero-order chi connectivity index (χ0) is 38.2. The van der Waals surface area contributed by atoms with Gasteiger partial charge in [0.25, 0.3) is 8.32 Å². The fourth-order valence-electron chi connectivity index (χ4n) is 9.53. The van der Waals surface area contributed by atoms with E-state index in [-0.39, 0.29) is 41.0 Å². The number of carbonyl (C=O) groups excluding carboxylic acids is 2. The van der Waals surface area contributed by atoms with Gasteiger partial charge >= 0.3 is 5.97 Å². The Morgan fingerprint density at radius 3 is 2.07 bits per heavy atom. The number of hydrogen-bond acceptors (Lipinski definition) is 5. The van der Waals surface area contributed by atoms with Crippen molar-refractivity contribution in [2.45, 2.75) is 95.8 Å². The normalized spacial score (nSPS) is 22.2. The molecule has 6 nitrogen and oxygen atoms in total. The zero-order valence-corrected chi connectivity index (χ0v) is 36.4. The smallest absolute Gasteiger partial charge is 0.302 e. The molecule has 3 aromatic carbocycles. The summed E-state index contributed by atoms with van der Waals surface area (Å²) in [4.78, 5) is 34.0. The van der Waals surface area contributed by atoms with Gasteiger partial charge in [-0.3, -0.25) is 14.6 Å². The lowest BCUT2D eigenvalue weighted by Gasteiger charge is -2.47. The molecule has 1 saturated heterocycles. The third-order valence-corrected chi connectivity index (χ3v) is 18.2. The van der Waals surface area contributed by atoms with E-state index in [4.69, 9.17) is 25.7 Å². The largest absolute Gasteiger partial charge is 0.462 e. The maximum Gasteiger partial charge on any atom is 0.302 e. The van der Waals surface area contributed by atoms with Gasteiger partial charge in [0.05, 0.1) is 11.8 Å². The van der Waals surface area contributed by atoms with Crippen LogP contribution in [0.1, 0.15) is 88.1 Å². The van der Waals surface area contributed by atoms with Crippen LogP contribution in [0.4, 0.5) is 0 Å². The minimum absolute atomic E-state index is 0.0988. The van der Waals surface area contributed by atoms with Crippen molar-refractivity contribution in [3.05, 3.63) is 121 Å². The van der Waals surface area contributed by atoms with Gasteiger partial charge in [0.2, 0.25) is 5.91 Å². The zero-order valence-electron chi connectivity index (χ0n) is 31.5. The van der Waals surface area contributed by atoms with Gasteiger partial charge in [0.1, 0.15) is 6.10 Å². The summed E-state index contributed by atoms with van der Waals surface area (Å²) in [5.74, 6) is -0.0883. The number of rotatable bonds is 7. The highest BCUT2D eigenvalue weighted by molar-refractivity contribution is 9.10. The average molecular weight is 893 g/mol. The van der Waals surface area contributed by atoms with Crippen LogP contribution in [0, 0.1) is 11.8 Å². The highest BCUT2D eigenvalue weighted by atomic mass is 79.9. The molecule has 3 unspecified atom stereocenters. The van der Waals surface area contributed by atoms with Crippen LogP contribution in [0.5, 0.6) is 0 Å². The predicted octanol–water partition coefficient (Wildman–Crippen LogP) is 9.41. The van der Waals surface area contributed by atoms with Crippen molar-refractivity contribution < 1.29 is 18.8 Å². The maximum atomic E-state index is 14.6. The third kappa shape index (κ3) is 8.04. The van der Waals surface area contributed by atoms with Crippen LogP contribution in [0.15, 0.2) is 94.0 Å². The van der Waals surface area contributed by atoms with Crippen LogP contribution in [-0.4, -0.2) is 55.4 Å². The van der Waals surface area contributed by atoms with E-state index >= 15 is 0 Å². The van der Waals surface area contributed by atoms with E-state index < -0.39 is 8.32 Å². The SMILES string of the molecule is CC(=O)OC1CC(O[Si](c2ccccc2)(c2ccccc2)C(C)(C)C)CC(C(=O)N2CCC([C@H]3c4ncc(Br)cc4CCc4cc(Cl)cc(Br)c43)CC2)C1. The highest BCUT2D eigenvalue weighted by Crippen LogP contribution is 2.47. The first-order valence-corrected chi connectivity index (χ1v) is 23.1. The van der Waals surface area contributed by atoms with Gasteiger partial charge in [-0.1, -0.05) is 109 Å². The van der Waals surface area contributed by atoms with Crippen molar-refractivity contribution in [2.75, 3.05) is 13.1 Å². The van der Waals surface area contributed by atoms with Gasteiger partial charge in [-0.25, -0.2) is 0 Å². The molecule has 0 spiro atoms. The highest BCUT2D eigenvalue weighted by Gasteiger charge is 2.53. The molecule has 2 heterocycles. The van der Waals surface area contributed by atoms with Crippen LogP contribution in [0.3, 0.4) is 0 Å². The first-order valence-electron chi connectivity index (χ1n) is 19.2. The monoisotopic (exact) mass is 890 g/mol. The topological polar surface area (TPSA) is 68.7 Å². The predicted molar refractivity (Wildman–Crippen MR) is 225 cm³/mol. The molecule has 0 bridgehead atoms. The Morgan fingerprint density at radius 2 is 1.46 bits per heavy atom. The number of ether oxygens (including phenoxy) is 1. The van der Waals surface area contributed by atoms with E-state index in [9.17, 15) is 9.59 Å². The minimum Gasteiger partial charge on any atom is -0.462 e. The molecule has 7 rings (SSSR count). The molecule has 0 N–H and O–H groups in total. The molecule has 1 aromatic heterocycles. The van der Waals surface area contributed by atoms with Gasteiger partial charge in [-0.2, -0.15) is 0 Å². The van der Waals surface area contributed by atoms with Crippen molar-refractivity contribution in [1.29, 1.82) is 0 Å². The Hall–Kier alpha value is -2.82. The summed E-state index contributed by atoms with van der Waals surface area (Å²) in [5, 5.41) is 2.91. The van der Waals surface area contributed by atoms with Crippen molar-refractivity contribution in [3.8, 4) is 0 Å². The lowest BCUT2D eigenvalue weighted by molar-refractivity contribution is -0.155. The molecule has 54 heavy (non-hydrogen) atoms. The lowest BCUT2D eigenvalue weighted by Crippen LogP contribution is -2.68. The molecule has 2 fully saturated rings. The van der Waals surface area contributed by atoms with E-state index in [0.29, 0.717) is 38.3 Å². The van der Waals surface area contributed by atoms with Gasteiger partial charge in [-0.05, 0) is 111 Å². The maximum absolute atomic E-state index is 14.6. The number of halogens is 3. The molecular formula is C44H49Br2ClN2O4Si. The third-order valence-electron chi connectivity index (χ3n) is 11.8. The molecule has 0 radical (unpaired) electrons. The Labute approximate surface area is 342 Å². The molecule has 1 amide bonds. The minimum atomic E-state index is -2.90. The van der Waals surface area contributed by atoms with Crippen molar-refractivity contribution in [2.24, 2.45) is 11.8 Å². The number of hydrogen-bond donors (Lipinski definition) is 0. The number of fused-ring (bicyclic) bond motifs is 2. The molecule has 1 saturated carbocycles. The fourth-order valence-corrected chi connectivity index (χ4v) is 15.7. The summed E-state index contributed by atoms with van der Waals surface area (Å²) in [6.07, 6.45) is 6.47. The van der Waals surface area contributed by atoms with Gasteiger partial charge in [0, 0.05) is 58.4 Å². The first kappa shape index (κ1) is 39.4. The van der Waals surface area contributed by atoms with Crippen LogP contribution in [0.25, 0.3) is 0 Å². The van der Waals surface area contributed by atoms with Crippen LogP contribution >= 0.6 is 43.5 Å². The standard InChI is InChI=1S/C44H49Br2ClN2O4Si/c1-28(50)52-35-23-32(24-36(26-35)53-54(44(2,3)4,37-11-7-5-8-12-37)38-13-9-6-10-14-38)43(51)49-19-17-29(18-20-49)41-40-30(22-34(47)25-39(40)46)15-16-31-21-33(45)27-48-42(31)41/h5-14,21-22,25,27,29,32,35-36,41H,15-20,23-24,26H2,1-4H3/t32?,35?,36?,41-/m1/s1. The molecular weight excluding hydrogens is 844 g/mol. The summed E-state index contributed by atoms with van der Waals surface area (Å²) < 4.78 is 15.5. The Balaban J connectivity index is 1.15. The number of aromatic nitrogens is 1.